The number of likely N-dealkylation sites (tertiary alicyclic amines) is 1. The molecule has 1 saturated heterocycles. The van der Waals surface area contributed by atoms with Gasteiger partial charge < -0.3 is 10.3 Å². The fourth-order valence-corrected chi connectivity index (χ4v) is 3.16. The quantitative estimate of drug-likeness (QED) is 0.914. The summed E-state index contributed by atoms with van der Waals surface area (Å²) in [6, 6.07) is 8.19. The Kier molecular flexibility index (Phi) is 3.44. The van der Waals surface area contributed by atoms with E-state index in [2.05, 4.69) is 22.6 Å². The van der Waals surface area contributed by atoms with Crippen LogP contribution in [0.15, 0.2) is 24.3 Å². The van der Waals surface area contributed by atoms with E-state index in [1.165, 1.54) is 0 Å². The van der Waals surface area contributed by atoms with Gasteiger partial charge in [0.15, 0.2) is 0 Å². The Morgan fingerprint density at radius 1 is 1.45 bits per heavy atom. The van der Waals surface area contributed by atoms with Crippen LogP contribution in [0.1, 0.15) is 24.6 Å². The van der Waals surface area contributed by atoms with Gasteiger partial charge in [-0.2, -0.15) is 0 Å². The second-order valence-corrected chi connectivity index (χ2v) is 5.56. The van der Waals surface area contributed by atoms with Crippen LogP contribution in [0.5, 0.6) is 0 Å². The van der Waals surface area contributed by atoms with Gasteiger partial charge in [-0.15, -0.1) is 0 Å². The molecule has 1 aliphatic heterocycles. The molecule has 1 atom stereocenters. The smallest absolute Gasteiger partial charge is 0.231 e. The molecule has 0 radical (unpaired) electrons. The van der Waals surface area contributed by atoms with Crippen molar-refractivity contribution in [1.82, 2.24) is 14.5 Å². The highest BCUT2D eigenvalue weighted by Gasteiger charge is 2.25. The fraction of sp³-hybridized carbons (Fsp3) is 0.467. The Labute approximate surface area is 118 Å². The predicted molar refractivity (Wildman–Crippen MR) is 78.3 cm³/mol. The van der Waals surface area contributed by atoms with Gasteiger partial charge in [-0.3, -0.25) is 9.69 Å². The summed E-state index contributed by atoms with van der Waals surface area (Å²) in [7, 11) is 2.07. The lowest BCUT2D eigenvalue weighted by molar-refractivity contribution is -0.119. The van der Waals surface area contributed by atoms with Crippen LogP contribution < -0.4 is 5.73 Å². The summed E-state index contributed by atoms with van der Waals surface area (Å²) in [5.41, 5.74) is 7.50. The topological polar surface area (TPSA) is 64.2 Å². The second kappa shape index (κ2) is 5.25. The van der Waals surface area contributed by atoms with Crippen LogP contribution in [-0.4, -0.2) is 40.0 Å². The molecule has 0 aliphatic carbocycles. The van der Waals surface area contributed by atoms with Gasteiger partial charge in [0.25, 0.3) is 0 Å². The third-order valence-electron chi connectivity index (χ3n) is 4.07. The van der Waals surface area contributed by atoms with E-state index >= 15 is 0 Å². The molecule has 20 heavy (non-hydrogen) atoms. The molecule has 1 fully saturated rings. The number of carbonyl (C=O) groups excluding carboxylic acids is 1. The van der Waals surface area contributed by atoms with Crippen LogP contribution in [0.4, 0.5) is 0 Å². The molecule has 1 aromatic heterocycles. The van der Waals surface area contributed by atoms with Crippen LogP contribution in [0.3, 0.4) is 0 Å². The molecule has 2 N–H and O–H groups in total. The van der Waals surface area contributed by atoms with Crippen LogP contribution in [0.25, 0.3) is 11.0 Å². The number of nitrogens with zero attached hydrogens (tertiary/aromatic N) is 3. The molecule has 1 amide bonds. The lowest BCUT2D eigenvalue weighted by Crippen LogP contribution is -2.40. The fourth-order valence-electron chi connectivity index (χ4n) is 3.16. The third-order valence-corrected chi connectivity index (χ3v) is 4.07. The molecule has 1 aliphatic rings. The Morgan fingerprint density at radius 3 is 3.00 bits per heavy atom. The first-order valence-electron chi connectivity index (χ1n) is 7.07. The number of hydrogen-bond donors (Lipinski definition) is 1. The minimum Gasteiger partial charge on any atom is -0.369 e. The van der Waals surface area contributed by atoms with Gasteiger partial charge in [-0.05, 0) is 31.5 Å². The summed E-state index contributed by atoms with van der Waals surface area (Å²) >= 11 is 0. The molecule has 0 bridgehead atoms. The molecule has 2 heterocycles. The summed E-state index contributed by atoms with van der Waals surface area (Å²) in [6.45, 7) is 2.16. The summed E-state index contributed by atoms with van der Waals surface area (Å²) < 4.78 is 2.17. The zero-order valence-electron chi connectivity index (χ0n) is 11.7. The Bertz CT molecular complexity index is 634. The predicted octanol–water partition coefficient (Wildman–Crippen LogP) is 1.24. The lowest BCUT2D eigenvalue weighted by atomic mass is 9.97. The van der Waals surface area contributed by atoms with Crippen molar-refractivity contribution in [2.24, 2.45) is 12.8 Å². The SMILES string of the molecule is Cn1c([C@@H]2CCCN(CC(N)=O)C2)nc2ccccc21. The van der Waals surface area contributed by atoms with Gasteiger partial charge >= 0.3 is 0 Å². The Morgan fingerprint density at radius 2 is 2.25 bits per heavy atom. The Hall–Kier alpha value is -1.88. The number of fused-ring (bicyclic) bond motifs is 1. The van der Waals surface area contributed by atoms with E-state index in [4.69, 9.17) is 10.7 Å². The first-order valence-corrected chi connectivity index (χ1v) is 7.07. The van der Waals surface area contributed by atoms with E-state index in [1.807, 2.05) is 18.2 Å². The molecule has 0 unspecified atom stereocenters. The van der Waals surface area contributed by atoms with Crippen LogP contribution in [-0.2, 0) is 11.8 Å². The summed E-state index contributed by atoms with van der Waals surface area (Å²) in [4.78, 5) is 18.0. The lowest BCUT2D eigenvalue weighted by Gasteiger charge is -2.31. The molecule has 0 saturated carbocycles. The number of rotatable bonds is 3. The van der Waals surface area contributed by atoms with E-state index < -0.39 is 0 Å². The summed E-state index contributed by atoms with van der Waals surface area (Å²) in [5, 5.41) is 0. The molecule has 5 heteroatoms. The van der Waals surface area contributed by atoms with Gasteiger partial charge in [0.1, 0.15) is 5.82 Å². The van der Waals surface area contributed by atoms with Crippen molar-refractivity contribution in [1.29, 1.82) is 0 Å². The number of amides is 1. The van der Waals surface area contributed by atoms with Crippen molar-refractivity contribution in [3.8, 4) is 0 Å². The number of aromatic nitrogens is 2. The van der Waals surface area contributed by atoms with Crippen LogP contribution in [0.2, 0.25) is 0 Å². The van der Waals surface area contributed by atoms with Gasteiger partial charge in [0.05, 0.1) is 17.6 Å². The maximum Gasteiger partial charge on any atom is 0.231 e. The number of imidazole rings is 1. The molecule has 5 nitrogen and oxygen atoms in total. The number of benzene rings is 1. The highest BCUT2D eigenvalue weighted by molar-refractivity contribution is 5.76. The van der Waals surface area contributed by atoms with Gasteiger partial charge in [0.2, 0.25) is 5.91 Å². The van der Waals surface area contributed by atoms with Gasteiger partial charge in [-0.25, -0.2) is 4.98 Å². The second-order valence-electron chi connectivity index (χ2n) is 5.56. The first-order chi connectivity index (χ1) is 9.65. The van der Waals surface area contributed by atoms with Gasteiger partial charge in [-0.1, -0.05) is 12.1 Å². The van der Waals surface area contributed by atoms with E-state index in [1.54, 1.807) is 0 Å². The standard InChI is InChI=1S/C15H20N4O/c1-18-13-7-3-2-6-12(13)17-15(18)11-5-4-8-19(9-11)10-14(16)20/h2-3,6-7,11H,4-5,8-10H2,1H3,(H2,16,20)/t11-/m1/s1. The Balaban J connectivity index is 1.86. The van der Waals surface area contributed by atoms with E-state index in [0.29, 0.717) is 12.5 Å². The van der Waals surface area contributed by atoms with E-state index in [0.717, 1.165) is 42.8 Å². The molecule has 3 rings (SSSR count). The average molecular weight is 272 g/mol. The minimum absolute atomic E-state index is 0.254. The number of piperidine rings is 1. The zero-order valence-corrected chi connectivity index (χ0v) is 11.7. The van der Waals surface area contributed by atoms with Crippen molar-refractivity contribution in [2.45, 2.75) is 18.8 Å². The number of aryl methyl sites for hydroxylation is 1. The summed E-state index contributed by atoms with van der Waals surface area (Å²) in [6.07, 6.45) is 2.20. The number of carbonyl (C=O) groups is 1. The number of nitrogens with two attached hydrogens (primary N) is 1. The molecule has 2 aromatic rings. The number of hydrogen-bond acceptors (Lipinski definition) is 3. The normalized spacial score (nSPS) is 20.4. The molecular formula is C15H20N4O. The van der Waals surface area contributed by atoms with Crippen molar-refractivity contribution >= 4 is 16.9 Å². The highest BCUT2D eigenvalue weighted by atomic mass is 16.1. The summed E-state index contributed by atoms with van der Waals surface area (Å²) in [5.74, 6) is 1.23. The maximum absolute atomic E-state index is 11.1. The molecular weight excluding hydrogens is 252 g/mol. The third kappa shape index (κ3) is 2.41. The molecule has 0 spiro atoms. The van der Waals surface area contributed by atoms with Crippen molar-refractivity contribution < 1.29 is 4.79 Å². The first kappa shape index (κ1) is 13.1. The monoisotopic (exact) mass is 272 g/mol. The van der Waals surface area contributed by atoms with E-state index in [-0.39, 0.29) is 5.91 Å². The van der Waals surface area contributed by atoms with Gasteiger partial charge in [0, 0.05) is 19.5 Å². The van der Waals surface area contributed by atoms with Crippen molar-refractivity contribution in [3.05, 3.63) is 30.1 Å². The molecule has 1 aromatic carbocycles. The van der Waals surface area contributed by atoms with Crippen LogP contribution >= 0.6 is 0 Å². The van der Waals surface area contributed by atoms with E-state index in [9.17, 15) is 4.79 Å². The van der Waals surface area contributed by atoms with Crippen LogP contribution in [0, 0.1) is 0 Å². The number of para-hydroxylation sites is 2. The highest BCUT2D eigenvalue weighted by Crippen LogP contribution is 2.28. The van der Waals surface area contributed by atoms with Crippen molar-refractivity contribution in [2.75, 3.05) is 19.6 Å². The minimum atomic E-state index is -0.254. The zero-order chi connectivity index (χ0) is 14.1. The largest absolute Gasteiger partial charge is 0.369 e. The average Bonchev–Trinajstić information content (AvgIpc) is 2.76. The molecule has 106 valence electrons. The van der Waals surface area contributed by atoms with Crippen molar-refractivity contribution in [3.63, 3.8) is 0 Å². The maximum atomic E-state index is 11.1. The number of primary amides is 1.